The predicted molar refractivity (Wildman–Crippen MR) is 69.9 cm³/mol. The van der Waals surface area contributed by atoms with Gasteiger partial charge in [-0.25, -0.2) is 13.1 Å². The van der Waals surface area contributed by atoms with E-state index in [4.69, 9.17) is 9.47 Å². The van der Waals surface area contributed by atoms with Gasteiger partial charge in [0.05, 0.1) is 25.8 Å². The topological polar surface area (TPSA) is 90.9 Å². The Labute approximate surface area is 116 Å². The SMILES string of the molecule is COC(=O)C[C@@H](NS(C)(=O)=O)c1ccc2c(c1)OCO2. The molecule has 0 bridgehead atoms. The van der Waals surface area contributed by atoms with Gasteiger partial charge >= 0.3 is 5.97 Å². The number of hydrogen-bond acceptors (Lipinski definition) is 6. The fraction of sp³-hybridized carbons (Fsp3) is 0.417. The van der Waals surface area contributed by atoms with Crippen LogP contribution in [0.5, 0.6) is 11.5 Å². The summed E-state index contributed by atoms with van der Waals surface area (Å²) in [5.41, 5.74) is 0.602. The van der Waals surface area contributed by atoms with Gasteiger partial charge in [0.25, 0.3) is 0 Å². The Kier molecular flexibility index (Phi) is 4.15. The molecular weight excluding hydrogens is 286 g/mol. The number of carbonyl (C=O) groups is 1. The lowest BCUT2D eigenvalue weighted by atomic mass is 10.0. The van der Waals surface area contributed by atoms with E-state index < -0.39 is 22.0 Å². The summed E-state index contributed by atoms with van der Waals surface area (Å²) in [5.74, 6) is 0.599. The molecule has 1 aromatic rings. The van der Waals surface area contributed by atoms with Crippen molar-refractivity contribution in [3.05, 3.63) is 23.8 Å². The molecule has 0 fully saturated rings. The van der Waals surface area contributed by atoms with E-state index in [0.717, 1.165) is 6.26 Å². The zero-order valence-corrected chi connectivity index (χ0v) is 11.9. The Balaban J connectivity index is 2.27. The summed E-state index contributed by atoms with van der Waals surface area (Å²) in [5, 5.41) is 0. The largest absolute Gasteiger partial charge is 0.469 e. The molecule has 20 heavy (non-hydrogen) atoms. The molecule has 7 nitrogen and oxygen atoms in total. The summed E-state index contributed by atoms with van der Waals surface area (Å²) >= 11 is 0. The Hall–Kier alpha value is -1.80. The van der Waals surface area contributed by atoms with Gasteiger partial charge in [0, 0.05) is 0 Å². The normalized spacial score (nSPS) is 14.9. The molecule has 1 aliphatic heterocycles. The highest BCUT2D eigenvalue weighted by Gasteiger charge is 2.23. The summed E-state index contributed by atoms with van der Waals surface area (Å²) < 4.78 is 40.2. The maximum absolute atomic E-state index is 11.4. The predicted octanol–water partition coefficient (Wildman–Crippen LogP) is 0.569. The maximum Gasteiger partial charge on any atom is 0.307 e. The molecule has 0 amide bonds. The fourth-order valence-corrected chi connectivity index (χ4v) is 2.60. The van der Waals surface area contributed by atoms with Crippen LogP contribution in [0, 0.1) is 0 Å². The lowest BCUT2D eigenvalue weighted by Crippen LogP contribution is -2.29. The van der Waals surface area contributed by atoms with Gasteiger partial charge in [-0.2, -0.15) is 0 Å². The average molecular weight is 301 g/mol. The lowest BCUT2D eigenvalue weighted by molar-refractivity contribution is -0.141. The van der Waals surface area contributed by atoms with Crippen LogP contribution in [-0.4, -0.2) is 34.5 Å². The molecule has 0 radical (unpaired) electrons. The molecule has 8 heteroatoms. The quantitative estimate of drug-likeness (QED) is 0.800. The van der Waals surface area contributed by atoms with Gasteiger partial charge in [-0.1, -0.05) is 6.07 Å². The lowest BCUT2D eigenvalue weighted by Gasteiger charge is -2.17. The Bertz CT molecular complexity index is 612. The highest BCUT2D eigenvalue weighted by molar-refractivity contribution is 7.88. The summed E-state index contributed by atoms with van der Waals surface area (Å²) in [6.45, 7) is 0.125. The zero-order valence-electron chi connectivity index (χ0n) is 11.1. The molecule has 0 spiro atoms. The third-order valence-corrected chi connectivity index (χ3v) is 3.47. The van der Waals surface area contributed by atoms with Crippen molar-refractivity contribution in [2.75, 3.05) is 20.2 Å². The number of fused-ring (bicyclic) bond motifs is 1. The summed E-state index contributed by atoms with van der Waals surface area (Å²) in [7, 11) is -2.22. The summed E-state index contributed by atoms with van der Waals surface area (Å²) in [6.07, 6.45) is 0.924. The first-order valence-corrected chi connectivity index (χ1v) is 7.72. The van der Waals surface area contributed by atoms with Crippen LogP contribution in [-0.2, 0) is 19.6 Å². The number of benzene rings is 1. The van der Waals surface area contributed by atoms with Crippen LogP contribution in [0.1, 0.15) is 18.0 Å². The van der Waals surface area contributed by atoms with Gasteiger partial charge in [0.15, 0.2) is 11.5 Å². The summed E-state index contributed by atoms with van der Waals surface area (Å²) in [4.78, 5) is 11.4. The number of methoxy groups -OCH3 is 1. The standard InChI is InChI=1S/C12H15NO6S/c1-17-12(14)6-9(13-20(2,15)16)8-3-4-10-11(5-8)19-7-18-10/h3-5,9,13H,6-7H2,1-2H3/t9-/m1/s1. The molecule has 0 aliphatic carbocycles. The number of sulfonamides is 1. The van der Waals surface area contributed by atoms with Gasteiger partial charge in [0.2, 0.25) is 16.8 Å². The molecule has 1 aliphatic rings. The van der Waals surface area contributed by atoms with Crippen molar-refractivity contribution >= 4 is 16.0 Å². The second-order valence-electron chi connectivity index (χ2n) is 4.34. The van der Waals surface area contributed by atoms with E-state index in [-0.39, 0.29) is 13.2 Å². The van der Waals surface area contributed by atoms with Crippen LogP contribution in [0.4, 0.5) is 0 Å². The van der Waals surface area contributed by atoms with E-state index >= 15 is 0 Å². The van der Waals surface area contributed by atoms with Crippen LogP contribution < -0.4 is 14.2 Å². The van der Waals surface area contributed by atoms with E-state index in [9.17, 15) is 13.2 Å². The molecule has 1 aromatic carbocycles. The van der Waals surface area contributed by atoms with Crippen molar-refractivity contribution in [1.29, 1.82) is 0 Å². The minimum atomic E-state index is -3.47. The molecule has 1 atom stereocenters. The highest BCUT2D eigenvalue weighted by atomic mass is 32.2. The van der Waals surface area contributed by atoms with E-state index in [1.807, 2.05) is 0 Å². The number of nitrogens with one attached hydrogen (secondary N) is 1. The van der Waals surface area contributed by atoms with E-state index in [1.54, 1.807) is 18.2 Å². The smallest absolute Gasteiger partial charge is 0.307 e. The van der Waals surface area contributed by atoms with Gasteiger partial charge in [-0.3, -0.25) is 4.79 Å². The fourth-order valence-electron chi connectivity index (χ4n) is 1.87. The van der Waals surface area contributed by atoms with E-state index in [2.05, 4.69) is 9.46 Å². The number of carbonyl (C=O) groups excluding carboxylic acids is 1. The van der Waals surface area contributed by atoms with Crippen molar-refractivity contribution in [2.24, 2.45) is 0 Å². The molecule has 2 rings (SSSR count). The number of rotatable bonds is 5. The maximum atomic E-state index is 11.4. The van der Waals surface area contributed by atoms with Crippen LogP contribution >= 0.6 is 0 Å². The average Bonchev–Trinajstić information content (AvgIpc) is 2.83. The van der Waals surface area contributed by atoms with Gasteiger partial charge in [-0.05, 0) is 17.7 Å². The molecule has 0 aromatic heterocycles. The third kappa shape index (κ3) is 3.61. The molecular formula is C12H15NO6S. The van der Waals surface area contributed by atoms with E-state index in [1.165, 1.54) is 7.11 Å². The van der Waals surface area contributed by atoms with Crippen molar-refractivity contribution in [1.82, 2.24) is 4.72 Å². The molecule has 0 saturated carbocycles. The molecule has 110 valence electrons. The molecule has 0 unspecified atom stereocenters. The van der Waals surface area contributed by atoms with Gasteiger partial charge in [-0.15, -0.1) is 0 Å². The molecule has 1 heterocycles. The third-order valence-electron chi connectivity index (χ3n) is 2.75. The van der Waals surface area contributed by atoms with Crippen molar-refractivity contribution in [2.45, 2.75) is 12.5 Å². The van der Waals surface area contributed by atoms with Crippen molar-refractivity contribution in [3.8, 4) is 11.5 Å². The Morgan fingerprint density at radius 2 is 2.10 bits per heavy atom. The summed E-state index contributed by atoms with van der Waals surface area (Å²) in [6, 6.07) is 4.28. The van der Waals surface area contributed by atoms with Crippen molar-refractivity contribution in [3.63, 3.8) is 0 Å². The molecule has 1 N–H and O–H groups in total. The second-order valence-corrected chi connectivity index (χ2v) is 6.12. The Morgan fingerprint density at radius 3 is 2.75 bits per heavy atom. The molecule has 0 saturated heterocycles. The van der Waals surface area contributed by atoms with Crippen LogP contribution in [0.15, 0.2) is 18.2 Å². The minimum Gasteiger partial charge on any atom is -0.469 e. The van der Waals surface area contributed by atoms with E-state index in [0.29, 0.717) is 17.1 Å². The first-order chi connectivity index (χ1) is 9.39. The highest BCUT2D eigenvalue weighted by Crippen LogP contribution is 2.35. The number of esters is 1. The number of hydrogen-bond donors (Lipinski definition) is 1. The minimum absolute atomic E-state index is 0.108. The first kappa shape index (κ1) is 14.6. The van der Waals surface area contributed by atoms with Crippen LogP contribution in [0.2, 0.25) is 0 Å². The zero-order chi connectivity index (χ0) is 14.8. The first-order valence-electron chi connectivity index (χ1n) is 5.82. The van der Waals surface area contributed by atoms with Gasteiger partial charge < -0.3 is 14.2 Å². The second kappa shape index (κ2) is 5.68. The Morgan fingerprint density at radius 1 is 1.40 bits per heavy atom. The van der Waals surface area contributed by atoms with Crippen molar-refractivity contribution < 1.29 is 27.4 Å². The van der Waals surface area contributed by atoms with Crippen LogP contribution in [0.25, 0.3) is 0 Å². The van der Waals surface area contributed by atoms with Crippen LogP contribution in [0.3, 0.4) is 0 Å². The van der Waals surface area contributed by atoms with Gasteiger partial charge in [0.1, 0.15) is 0 Å². The monoisotopic (exact) mass is 301 g/mol. The number of ether oxygens (including phenoxy) is 3.